The molecule has 2 saturated heterocycles. The van der Waals surface area contributed by atoms with Crippen LogP contribution < -0.4 is 5.32 Å². The maximum absolute atomic E-state index is 15.1. The average molecular weight is 508 g/mol. The zero-order valence-electron chi connectivity index (χ0n) is 21.8. The van der Waals surface area contributed by atoms with Gasteiger partial charge in [0.2, 0.25) is 17.6 Å². The molecule has 3 aromatic rings. The highest BCUT2D eigenvalue weighted by molar-refractivity contribution is 5.73. The van der Waals surface area contributed by atoms with E-state index in [1.165, 1.54) is 6.07 Å². The lowest BCUT2D eigenvalue weighted by Crippen LogP contribution is -2.63. The first-order chi connectivity index (χ1) is 17.6. The molecule has 2 aromatic heterocycles. The van der Waals surface area contributed by atoms with Gasteiger partial charge in [0.1, 0.15) is 11.4 Å². The summed E-state index contributed by atoms with van der Waals surface area (Å²) in [5.74, 6) is 0.806. The number of amides is 1. The van der Waals surface area contributed by atoms with Crippen molar-refractivity contribution < 1.29 is 18.8 Å². The highest BCUT2D eigenvalue weighted by Crippen LogP contribution is 2.48. The van der Waals surface area contributed by atoms with Gasteiger partial charge in [-0.3, -0.25) is 9.78 Å². The van der Waals surface area contributed by atoms with Crippen LogP contribution in [0.15, 0.2) is 41.2 Å². The Hall–Kier alpha value is -3.17. The summed E-state index contributed by atoms with van der Waals surface area (Å²) in [5.41, 5.74) is 0.219. The summed E-state index contributed by atoms with van der Waals surface area (Å²) in [4.78, 5) is 22.5. The molecule has 0 aliphatic carbocycles. The molecule has 1 atom stereocenters. The van der Waals surface area contributed by atoms with Gasteiger partial charge in [-0.05, 0) is 42.0 Å². The Bertz CT molecular complexity index is 1300. The quantitative estimate of drug-likeness (QED) is 0.520. The summed E-state index contributed by atoms with van der Waals surface area (Å²) in [5, 5.41) is 19.7. The van der Waals surface area contributed by atoms with Crippen LogP contribution in [0.3, 0.4) is 0 Å². The fourth-order valence-electron chi connectivity index (χ4n) is 5.56. The molecule has 4 heterocycles. The third kappa shape index (κ3) is 4.44. The van der Waals surface area contributed by atoms with Crippen LogP contribution in [-0.4, -0.2) is 57.2 Å². The summed E-state index contributed by atoms with van der Waals surface area (Å²) in [7, 11) is 0. The molecular formula is C28H34FN5O3. The van der Waals surface area contributed by atoms with Gasteiger partial charge in [-0.15, -0.1) is 0 Å². The fourth-order valence-corrected chi connectivity index (χ4v) is 5.56. The summed E-state index contributed by atoms with van der Waals surface area (Å²) >= 11 is 0. The lowest BCUT2D eigenvalue weighted by molar-refractivity contribution is -0.129. The van der Waals surface area contributed by atoms with E-state index in [0.717, 1.165) is 12.8 Å². The van der Waals surface area contributed by atoms with Gasteiger partial charge in [-0.2, -0.15) is 4.98 Å². The number of halogens is 1. The summed E-state index contributed by atoms with van der Waals surface area (Å²) < 4.78 is 20.7. The number of aromatic nitrogens is 3. The van der Waals surface area contributed by atoms with Crippen LogP contribution in [0, 0.1) is 11.2 Å². The number of hydrogen-bond acceptors (Lipinski definition) is 7. The molecule has 2 fully saturated rings. The van der Waals surface area contributed by atoms with Gasteiger partial charge in [-0.25, -0.2) is 4.39 Å². The van der Waals surface area contributed by atoms with E-state index in [9.17, 15) is 9.90 Å². The number of likely N-dealkylation sites (tertiary alicyclic amines) is 1. The van der Waals surface area contributed by atoms with Gasteiger partial charge in [0.05, 0.1) is 0 Å². The van der Waals surface area contributed by atoms with Gasteiger partial charge in [-0.1, -0.05) is 38.1 Å². The van der Waals surface area contributed by atoms with Gasteiger partial charge >= 0.3 is 0 Å². The van der Waals surface area contributed by atoms with Crippen LogP contribution in [0.2, 0.25) is 0 Å². The number of rotatable bonds is 6. The maximum Gasteiger partial charge on any atom is 0.230 e. The van der Waals surface area contributed by atoms with Gasteiger partial charge in [0.15, 0.2) is 0 Å². The van der Waals surface area contributed by atoms with E-state index < -0.39 is 11.0 Å². The first-order valence-corrected chi connectivity index (χ1v) is 12.9. The van der Waals surface area contributed by atoms with Gasteiger partial charge < -0.3 is 19.8 Å². The third-order valence-electron chi connectivity index (χ3n) is 8.09. The zero-order valence-corrected chi connectivity index (χ0v) is 21.8. The van der Waals surface area contributed by atoms with Crippen LogP contribution in [-0.2, 0) is 10.4 Å². The fraction of sp³-hybridized carbons (Fsp3) is 0.500. The molecular weight excluding hydrogens is 473 g/mol. The van der Waals surface area contributed by atoms with Crippen molar-refractivity contribution >= 4 is 5.91 Å². The number of hydrogen-bond donors (Lipinski definition) is 2. The molecule has 196 valence electrons. The first kappa shape index (κ1) is 25.5. The van der Waals surface area contributed by atoms with E-state index in [0.29, 0.717) is 60.1 Å². The standard InChI is InChI=1S/C28H34FN5O3/c1-17(2)23-6-5-21(12-24(23)29)28(36,27(4)15-31-16-27)22-11-20(13-30-14-22)25-32-26(37-33-25)19-7-9-34(10-8-19)18(3)35/h5-6,11-14,17,19,31,36H,7-10,15-16H2,1-4H3/t28-/m0/s1. The topological polar surface area (TPSA) is 104 Å². The SMILES string of the molecule is CC(=O)N1CCC(c2nc(-c3cncc([C@@](O)(c4ccc(C(C)C)c(F)c4)C4(C)CNC4)c3)no2)CC1. The molecule has 0 unspecified atom stereocenters. The smallest absolute Gasteiger partial charge is 0.230 e. The van der Waals surface area contributed by atoms with Crippen LogP contribution >= 0.6 is 0 Å². The minimum absolute atomic E-state index is 0.0372. The van der Waals surface area contributed by atoms with Crippen molar-refractivity contribution in [2.75, 3.05) is 26.2 Å². The number of pyridine rings is 1. The number of piperidine rings is 1. The second kappa shape index (κ2) is 9.61. The van der Waals surface area contributed by atoms with Crippen molar-refractivity contribution in [2.45, 2.75) is 58.0 Å². The monoisotopic (exact) mass is 507 g/mol. The van der Waals surface area contributed by atoms with Crippen LogP contribution in [0.5, 0.6) is 0 Å². The highest BCUT2D eigenvalue weighted by atomic mass is 19.1. The minimum atomic E-state index is -1.48. The van der Waals surface area contributed by atoms with Crippen molar-refractivity contribution in [3.8, 4) is 11.4 Å². The molecule has 0 bridgehead atoms. The van der Waals surface area contributed by atoms with E-state index in [4.69, 9.17) is 4.52 Å². The van der Waals surface area contributed by atoms with E-state index in [2.05, 4.69) is 20.4 Å². The predicted molar refractivity (Wildman–Crippen MR) is 136 cm³/mol. The van der Waals surface area contributed by atoms with E-state index in [1.807, 2.05) is 37.8 Å². The van der Waals surface area contributed by atoms with Crippen molar-refractivity contribution in [1.82, 2.24) is 25.3 Å². The Morgan fingerprint density at radius 1 is 1.22 bits per heavy atom. The Morgan fingerprint density at radius 3 is 2.54 bits per heavy atom. The number of carbonyl (C=O) groups is 1. The minimum Gasteiger partial charge on any atom is -0.380 e. The second-order valence-electron chi connectivity index (χ2n) is 11.0. The number of carbonyl (C=O) groups excluding carboxylic acids is 1. The Kier molecular flexibility index (Phi) is 6.62. The molecule has 1 aromatic carbocycles. The Balaban J connectivity index is 1.48. The maximum atomic E-state index is 15.1. The second-order valence-corrected chi connectivity index (χ2v) is 11.0. The lowest BCUT2D eigenvalue weighted by Gasteiger charge is -2.52. The summed E-state index contributed by atoms with van der Waals surface area (Å²) in [6.45, 7) is 9.95. The van der Waals surface area contributed by atoms with Crippen molar-refractivity contribution in [2.24, 2.45) is 5.41 Å². The first-order valence-electron chi connectivity index (χ1n) is 12.9. The van der Waals surface area contributed by atoms with Crippen LogP contribution in [0.1, 0.15) is 75.0 Å². The van der Waals surface area contributed by atoms with Crippen molar-refractivity contribution in [3.05, 3.63) is 65.1 Å². The molecule has 0 radical (unpaired) electrons. The largest absolute Gasteiger partial charge is 0.380 e. The average Bonchev–Trinajstić information content (AvgIpc) is 3.37. The molecule has 1 amide bonds. The molecule has 5 rings (SSSR count). The molecule has 0 saturated carbocycles. The summed E-state index contributed by atoms with van der Waals surface area (Å²) in [6, 6.07) is 6.84. The molecule has 37 heavy (non-hydrogen) atoms. The molecule has 2 N–H and O–H groups in total. The molecule has 2 aliphatic rings. The lowest BCUT2D eigenvalue weighted by atomic mass is 9.62. The normalized spacial score (nSPS) is 19.5. The molecule has 2 aliphatic heterocycles. The van der Waals surface area contributed by atoms with E-state index in [1.54, 1.807) is 25.4 Å². The number of aliphatic hydroxyl groups is 1. The van der Waals surface area contributed by atoms with Crippen molar-refractivity contribution in [3.63, 3.8) is 0 Å². The van der Waals surface area contributed by atoms with E-state index in [-0.39, 0.29) is 23.6 Å². The number of nitrogens with zero attached hydrogens (tertiary/aromatic N) is 4. The molecule has 8 nitrogen and oxygen atoms in total. The van der Waals surface area contributed by atoms with Gasteiger partial charge in [0.25, 0.3) is 0 Å². The van der Waals surface area contributed by atoms with Crippen LogP contribution in [0.4, 0.5) is 4.39 Å². The summed E-state index contributed by atoms with van der Waals surface area (Å²) in [6.07, 6.45) is 4.80. The predicted octanol–water partition coefficient (Wildman–Crippen LogP) is 3.97. The van der Waals surface area contributed by atoms with Crippen LogP contribution in [0.25, 0.3) is 11.4 Å². The van der Waals surface area contributed by atoms with Gasteiger partial charge in [0, 0.05) is 68.0 Å². The third-order valence-corrected chi connectivity index (χ3v) is 8.09. The number of benzene rings is 1. The number of nitrogens with one attached hydrogen (secondary N) is 1. The highest BCUT2D eigenvalue weighted by Gasteiger charge is 2.53. The molecule has 9 heteroatoms. The van der Waals surface area contributed by atoms with Crippen molar-refractivity contribution in [1.29, 1.82) is 0 Å². The zero-order chi connectivity index (χ0) is 26.4. The molecule has 0 spiro atoms. The Labute approximate surface area is 216 Å². The van der Waals surface area contributed by atoms with E-state index >= 15 is 4.39 Å². The Morgan fingerprint density at radius 2 is 1.95 bits per heavy atom.